The van der Waals surface area contributed by atoms with Crippen LogP contribution in [-0.2, 0) is 25.3 Å². The third-order valence-electron chi connectivity index (χ3n) is 7.51. The summed E-state index contributed by atoms with van der Waals surface area (Å²) in [5, 5.41) is 10.0. The Balaban J connectivity index is 1.41. The molecule has 0 atom stereocenters. The van der Waals surface area contributed by atoms with E-state index in [0.29, 0.717) is 39.9 Å². The minimum absolute atomic E-state index is 0.0545. The number of ether oxygens (including phenoxy) is 2. The van der Waals surface area contributed by atoms with E-state index in [1.165, 1.54) is 47.4 Å². The van der Waals surface area contributed by atoms with Gasteiger partial charge in [-0.15, -0.1) is 0 Å². The maximum absolute atomic E-state index is 13.9. The number of anilines is 2. The minimum Gasteiger partial charge on any atom is -0.428 e. The Bertz CT molecular complexity index is 1940. The fraction of sp³-hybridized carbons (Fsp3) is 0.312. The van der Waals surface area contributed by atoms with Gasteiger partial charge in [-0.3, -0.25) is 24.2 Å². The first kappa shape index (κ1) is 35.0. The summed E-state index contributed by atoms with van der Waals surface area (Å²) in [5.41, 5.74) is 2.74. The molecule has 0 unspecified atom stereocenters. The molecule has 49 heavy (non-hydrogen) atoms. The topological polar surface area (TPSA) is 211 Å². The highest BCUT2D eigenvalue weighted by Gasteiger charge is 2.30. The molecule has 258 valence electrons. The van der Waals surface area contributed by atoms with Crippen molar-refractivity contribution in [1.29, 1.82) is 0 Å². The maximum Gasteiger partial charge on any atom is 0.524 e. The molecule has 0 radical (unpaired) electrons. The van der Waals surface area contributed by atoms with Crippen molar-refractivity contribution in [2.45, 2.75) is 52.5 Å². The Kier molecular flexibility index (Phi) is 10.6. The number of carbonyl (C=O) groups excluding carboxylic acids is 4. The predicted molar refractivity (Wildman–Crippen MR) is 174 cm³/mol. The molecule has 0 saturated heterocycles. The van der Waals surface area contributed by atoms with Crippen LogP contribution in [0.15, 0.2) is 55.0 Å². The van der Waals surface area contributed by atoms with Crippen molar-refractivity contribution < 1.29 is 47.5 Å². The number of fused-ring (bicyclic) bond motifs is 1. The van der Waals surface area contributed by atoms with E-state index in [0.717, 1.165) is 24.2 Å². The Morgan fingerprint density at radius 1 is 1.04 bits per heavy atom. The van der Waals surface area contributed by atoms with E-state index >= 15 is 0 Å². The van der Waals surface area contributed by atoms with E-state index in [1.54, 1.807) is 26.0 Å². The molecule has 1 saturated carbocycles. The van der Waals surface area contributed by atoms with Crippen molar-refractivity contribution in [3.05, 3.63) is 82.8 Å². The number of rotatable bonds is 13. The number of amides is 3. The number of aromatic nitrogens is 3. The van der Waals surface area contributed by atoms with Gasteiger partial charge in [0, 0.05) is 24.3 Å². The maximum atomic E-state index is 13.9. The summed E-state index contributed by atoms with van der Waals surface area (Å²) < 4.78 is 27.5. The van der Waals surface area contributed by atoms with E-state index in [9.17, 15) is 23.7 Å². The summed E-state index contributed by atoms with van der Waals surface area (Å²) in [6, 6.07) is 10.4. The van der Waals surface area contributed by atoms with E-state index in [-0.39, 0.29) is 41.5 Å². The van der Waals surface area contributed by atoms with Crippen LogP contribution in [0, 0.1) is 13.8 Å². The van der Waals surface area contributed by atoms with E-state index in [4.69, 9.17) is 19.3 Å². The van der Waals surface area contributed by atoms with Crippen LogP contribution >= 0.6 is 7.82 Å². The Labute approximate surface area is 280 Å². The lowest BCUT2D eigenvalue weighted by Gasteiger charge is -2.24. The summed E-state index contributed by atoms with van der Waals surface area (Å²) >= 11 is 0. The first-order chi connectivity index (χ1) is 23.3. The van der Waals surface area contributed by atoms with Crippen LogP contribution in [0.25, 0.3) is 5.52 Å². The van der Waals surface area contributed by atoms with Crippen LogP contribution in [0.4, 0.5) is 16.3 Å². The number of phosphoric ester groups is 1. The van der Waals surface area contributed by atoms with Crippen LogP contribution in [0.2, 0.25) is 0 Å². The fourth-order valence-electron chi connectivity index (χ4n) is 4.89. The monoisotopic (exact) mass is 694 g/mol. The highest BCUT2D eigenvalue weighted by molar-refractivity contribution is 7.46. The number of nitrogens with one attached hydrogen (secondary N) is 2. The molecule has 17 heteroatoms. The van der Waals surface area contributed by atoms with Gasteiger partial charge in [0.25, 0.3) is 11.8 Å². The first-order valence-corrected chi connectivity index (χ1v) is 16.9. The number of hydrogen-bond donors (Lipinski definition) is 4. The van der Waals surface area contributed by atoms with Crippen LogP contribution in [0.3, 0.4) is 0 Å². The lowest BCUT2D eigenvalue weighted by Crippen LogP contribution is -2.31. The third kappa shape index (κ3) is 8.79. The molecule has 1 fully saturated rings. The van der Waals surface area contributed by atoms with Gasteiger partial charge in [0.1, 0.15) is 17.6 Å². The molecule has 5 rings (SSSR count). The summed E-state index contributed by atoms with van der Waals surface area (Å²) in [6.45, 7) is 5.05. The van der Waals surface area contributed by atoms with Crippen molar-refractivity contribution in [3.63, 3.8) is 0 Å². The van der Waals surface area contributed by atoms with Gasteiger partial charge in [-0.25, -0.2) is 23.8 Å². The predicted octanol–water partition coefficient (Wildman–Crippen LogP) is 3.87. The zero-order valence-electron chi connectivity index (χ0n) is 26.9. The van der Waals surface area contributed by atoms with Crippen LogP contribution in [0.5, 0.6) is 5.75 Å². The van der Waals surface area contributed by atoms with Crippen molar-refractivity contribution >= 4 is 48.7 Å². The van der Waals surface area contributed by atoms with Crippen LogP contribution in [-0.4, -0.2) is 67.6 Å². The molecule has 1 aliphatic rings. The van der Waals surface area contributed by atoms with Gasteiger partial charge in [-0.2, -0.15) is 5.10 Å². The number of carbonyl (C=O) groups is 4. The van der Waals surface area contributed by atoms with Gasteiger partial charge in [0.05, 0.1) is 17.7 Å². The first-order valence-electron chi connectivity index (χ1n) is 15.3. The highest BCUT2D eigenvalue weighted by atomic mass is 31.2. The van der Waals surface area contributed by atoms with Gasteiger partial charge in [-0.1, -0.05) is 25.1 Å². The summed E-state index contributed by atoms with van der Waals surface area (Å²) in [7, 11) is -4.74. The van der Waals surface area contributed by atoms with Crippen molar-refractivity contribution in [1.82, 2.24) is 25.2 Å². The van der Waals surface area contributed by atoms with Crippen molar-refractivity contribution in [2.75, 3.05) is 18.2 Å². The van der Waals surface area contributed by atoms with E-state index < -0.39 is 26.7 Å². The standard InChI is InChI=1S/C32H35N6O10P/c1-4-13-33-31(41)25-16-37-28(20(25)3)29(34-17-35-37)38(26-15-22(8-5-19(26)2)30(40)36-23-9-10-23)32(42)47-18-46-27(39)14-21-6-11-24(12-7-21)48-49(43,44)45/h5-8,11-12,15-17,23H,4,9-10,13-14,18H2,1-3H3,(H,33,41)(H,36,40)(H2,43,44,45). The molecule has 1 aliphatic carbocycles. The molecule has 0 bridgehead atoms. The van der Waals surface area contributed by atoms with Gasteiger partial charge >= 0.3 is 19.9 Å². The van der Waals surface area contributed by atoms with Gasteiger partial charge in [-0.05, 0) is 74.1 Å². The second-order valence-corrected chi connectivity index (χ2v) is 12.5. The molecular formula is C32H35N6O10P. The second-order valence-electron chi connectivity index (χ2n) is 11.3. The zero-order chi connectivity index (χ0) is 35.3. The number of phosphoric acid groups is 1. The van der Waals surface area contributed by atoms with Crippen molar-refractivity contribution in [2.24, 2.45) is 0 Å². The molecular weight excluding hydrogens is 659 g/mol. The minimum atomic E-state index is -4.74. The third-order valence-corrected chi connectivity index (χ3v) is 7.95. The fourth-order valence-corrected chi connectivity index (χ4v) is 5.28. The zero-order valence-corrected chi connectivity index (χ0v) is 27.8. The van der Waals surface area contributed by atoms with Gasteiger partial charge in [0.15, 0.2) is 5.82 Å². The highest BCUT2D eigenvalue weighted by Crippen LogP contribution is 2.37. The molecule has 0 aliphatic heterocycles. The Hall–Kier alpha value is -5.31. The molecule has 2 aromatic heterocycles. The molecule has 4 aromatic rings. The summed E-state index contributed by atoms with van der Waals surface area (Å²) in [4.78, 5) is 75.8. The summed E-state index contributed by atoms with van der Waals surface area (Å²) in [6.07, 6.45) is 4.02. The van der Waals surface area contributed by atoms with Crippen LogP contribution < -0.4 is 20.1 Å². The van der Waals surface area contributed by atoms with E-state index in [1.807, 2.05) is 6.92 Å². The number of nitrogens with zero attached hydrogens (tertiary/aromatic N) is 4. The number of benzene rings is 2. The van der Waals surface area contributed by atoms with E-state index in [2.05, 4.69) is 25.2 Å². The molecule has 16 nitrogen and oxygen atoms in total. The second kappa shape index (κ2) is 14.8. The smallest absolute Gasteiger partial charge is 0.428 e. The number of hydrogen-bond acceptors (Lipinski definition) is 10. The van der Waals surface area contributed by atoms with Gasteiger partial charge < -0.3 is 24.6 Å². The lowest BCUT2D eigenvalue weighted by molar-refractivity contribution is -0.150. The Morgan fingerprint density at radius 2 is 1.78 bits per heavy atom. The average molecular weight is 695 g/mol. The molecule has 0 spiro atoms. The lowest BCUT2D eigenvalue weighted by atomic mass is 10.1. The molecule has 3 amide bonds. The summed E-state index contributed by atoms with van der Waals surface area (Å²) in [5.74, 6) is -1.43. The molecule has 4 N–H and O–H groups in total. The normalized spacial score (nSPS) is 12.7. The average Bonchev–Trinajstić information content (AvgIpc) is 3.80. The number of esters is 1. The SMILES string of the molecule is CCCNC(=O)c1cn2ncnc(N(C(=O)OCOC(=O)Cc3ccc(OP(=O)(O)O)cc3)c3cc(C(=O)NC4CC4)ccc3C)c2c1C. The number of aryl methyl sites for hydroxylation is 2. The van der Waals surface area contributed by atoms with Gasteiger partial charge in [0.2, 0.25) is 6.79 Å². The molecule has 2 aromatic carbocycles. The quantitative estimate of drug-likeness (QED) is 0.0893. The van der Waals surface area contributed by atoms with Crippen molar-refractivity contribution in [3.8, 4) is 5.75 Å². The molecule has 2 heterocycles. The van der Waals surface area contributed by atoms with Crippen LogP contribution in [0.1, 0.15) is 63.6 Å². The largest absolute Gasteiger partial charge is 0.524 e. The Morgan fingerprint density at radius 3 is 2.45 bits per heavy atom.